The van der Waals surface area contributed by atoms with Crippen LogP contribution in [0.4, 0.5) is 0 Å². The maximum atomic E-state index is 12.2. The van der Waals surface area contributed by atoms with Crippen molar-refractivity contribution < 1.29 is 24.9 Å². The van der Waals surface area contributed by atoms with Gasteiger partial charge in [-0.05, 0) is 56.8 Å². The molecule has 29 heavy (non-hydrogen) atoms. The molecule has 0 aromatic carbocycles. The van der Waals surface area contributed by atoms with E-state index in [1.54, 1.807) is 0 Å². The van der Waals surface area contributed by atoms with E-state index in [1.807, 2.05) is 0 Å². The summed E-state index contributed by atoms with van der Waals surface area (Å²) in [7, 11) is 0. The van der Waals surface area contributed by atoms with E-state index in [1.165, 1.54) is 19.3 Å². The molecule has 3 N–H and O–H groups in total. The Morgan fingerprint density at radius 2 is 1.48 bits per heavy atom. The quantitative estimate of drug-likeness (QED) is 0.231. The zero-order valence-electron chi connectivity index (χ0n) is 18.2. The molecule has 4 atom stereocenters. The van der Waals surface area contributed by atoms with Crippen molar-refractivity contribution in [1.29, 1.82) is 0 Å². The molecule has 0 saturated heterocycles. The van der Waals surface area contributed by atoms with Crippen molar-refractivity contribution in [3.05, 3.63) is 12.2 Å². The van der Waals surface area contributed by atoms with Gasteiger partial charge in [-0.2, -0.15) is 0 Å². The van der Waals surface area contributed by atoms with Gasteiger partial charge in [0.1, 0.15) is 5.78 Å². The largest absolute Gasteiger partial charge is 0.481 e. The number of unbranched alkanes of at least 4 members (excludes halogenated alkanes) is 7. The molecule has 0 unspecified atom stereocenters. The summed E-state index contributed by atoms with van der Waals surface area (Å²) in [6.07, 6.45) is 15.5. The summed E-state index contributed by atoms with van der Waals surface area (Å²) >= 11 is 0. The second-order valence-corrected chi connectivity index (χ2v) is 8.64. The number of carboxylic acid groups (broad SMARTS) is 1. The third-order valence-corrected chi connectivity index (χ3v) is 6.17. The first-order chi connectivity index (χ1) is 14.0. The molecule has 0 radical (unpaired) electrons. The Morgan fingerprint density at radius 3 is 2.21 bits per heavy atom. The highest BCUT2D eigenvalue weighted by atomic mass is 16.4. The average molecular weight is 411 g/mol. The van der Waals surface area contributed by atoms with Gasteiger partial charge in [0.25, 0.3) is 0 Å². The van der Waals surface area contributed by atoms with Crippen LogP contribution in [-0.4, -0.2) is 39.3 Å². The van der Waals surface area contributed by atoms with E-state index in [0.717, 1.165) is 38.5 Å². The van der Waals surface area contributed by atoms with Gasteiger partial charge in [0.2, 0.25) is 0 Å². The van der Waals surface area contributed by atoms with E-state index < -0.39 is 18.2 Å². The van der Waals surface area contributed by atoms with Gasteiger partial charge >= 0.3 is 5.97 Å². The zero-order chi connectivity index (χ0) is 21.5. The fourth-order valence-electron chi connectivity index (χ4n) is 4.37. The standard InChI is InChI=1S/C24H42O5/c1-2-3-4-7-10-13-19(25)16-17-21-20(22(26)18-23(21)27)14-11-8-5-6-9-12-15-24(28)29/h8,11,20-23,26-27H,2-7,9-10,12-18H2,1H3,(H,28,29)/t20-,21-,22+,23-/m1/s1. The highest BCUT2D eigenvalue weighted by Crippen LogP contribution is 2.38. The van der Waals surface area contributed by atoms with Crippen LogP contribution >= 0.6 is 0 Å². The average Bonchev–Trinajstić information content (AvgIpc) is 2.94. The van der Waals surface area contributed by atoms with Crippen LogP contribution in [0.3, 0.4) is 0 Å². The van der Waals surface area contributed by atoms with Gasteiger partial charge < -0.3 is 15.3 Å². The molecule has 0 heterocycles. The number of carbonyl (C=O) groups is 2. The number of rotatable bonds is 17. The molecule has 0 amide bonds. The number of hydrogen-bond acceptors (Lipinski definition) is 4. The van der Waals surface area contributed by atoms with Crippen LogP contribution in [-0.2, 0) is 9.59 Å². The Bertz CT molecular complexity index is 488. The fourth-order valence-corrected chi connectivity index (χ4v) is 4.37. The van der Waals surface area contributed by atoms with E-state index in [2.05, 4.69) is 19.1 Å². The number of carbonyl (C=O) groups excluding carboxylic acids is 1. The Morgan fingerprint density at radius 1 is 0.828 bits per heavy atom. The van der Waals surface area contributed by atoms with E-state index in [9.17, 15) is 19.8 Å². The van der Waals surface area contributed by atoms with Crippen molar-refractivity contribution in [3.63, 3.8) is 0 Å². The minimum atomic E-state index is -0.740. The van der Waals surface area contributed by atoms with Gasteiger partial charge in [-0.3, -0.25) is 9.59 Å². The number of Topliss-reactive ketones (excluding diaryl/α,β-unsaturated/α-hetero) is 1. The van der Waals surface area contributed by atoms with Gasteiger partial charge in [-0.1, -0.05) is 51.2 Å². The molecular formula is C24H42O5. The van der Waals surface area contributed by atoms with Gasteiger partial charge in [0.15, 0.2) is 0 Å². The molecule has 1 fully saturated rings. The Hall–Kier alpha value is -1.20. The summed E-state index contributed by atoms with van der Waals surface area (Å²) in [6, 6.07) is 0. The van der Waals surface area contributed by atoms with Gasteiger partial charge in [0, 0.05) is 19.3 Å². The summed E-state index contributed by atoms with van der Waals surface area (Å²) < 4.78 is 0. The maximum absolute atomic E-state index is 12.2. The van der Waals surface area contributed by atoms with Crippen molar-refractivity contribution in [3.8, 4) is 0 Å². The lowest BCUT2D eigenvalue weighted by Crippen LogP contribution is -2.22. The highest BCUT2D eigenvalue weighted by molar-refractivity contribution is 5.78. The number of aliphatic hydroxyl groups is 2. The Labute approximate surface area is 176 Å². The third-order valence-electron chi connectivity index (χ3n) is 6.17. The number of ketones is 1. The summed E-state index contributed by atoms with van der Waals surface area (Å²) in [6.45, 7) is 2.18. The lowest BCUT2D eigenvalue weighted by molar-refractivity contribution is -0.137. The topological polar surface area (TPSA) is 94.8 Å². The van der Waals surface area contributed by atoms with Crippen LogP contribution in [0, 0.1) is 11.8 Å². The molecule has 0 aromatic rings. The third kappa shape index (κ3) is 11.5. The molecule has 1 aliphatic carbocycles. The highest BCUT2D eigenvalue weighted by Gasteiger charge is 2.40. The van der Waals surface area contributed by atoms with E-state index >= 15 is 0 Å². The first kappa shape index (κ1) is 25.8. The van der Waals surface area contributed by atoms with Crippen LogP contribution in [0.5, 0.6) is 0 Å². The van der Waals surface area contributed by atoms with Crippen molar-refractivity contribution in [2.75, 3.05) is 0 Å². The number of allylic oxidation sites excluding steroid dienone is 2. The molecule has 1 aliphatic rings. The lowest BCUT2D eigenvalue weighted by Gasteiger charge is -2.22. The van der Waals surface area contributed by atoms with Gasteiger partial charge in [0.05, 0.1) is 12.2 Å². The number of hydrogen-bond donors (Lipinski definition) is 3. The summed E-state index contributed by atoms with van der Waals surface area (Å²) in [5, 5.41) is 29.2. The van der Waals surface area contributed by atoms with Crippen LogP contribution in [0.2, 0.25) is 0 Å². The molecule has 0 bridgehead atoms. The van der Waals surface area contributed by atoms with Crippen molar-refractivity contribution in [2.24, 2.45) is 11.8 Å². The summed E-state index contributed by atoms with van der Waals surface area (Å²) in [5.74, 6) is -0.444. The van der Waals surface area contributed by atoms with Crippen LogP contribution in [0.25, 0.3) is 0 Å². The minimum absolute atomic E-state index is 0.00532. The SMILES string of the molecule is CCCCCCCC(=O)CC[C@@H]1[C@@H](CC=CCCCCCC(=O)O)[C@@H](O)C[C@H]1O. The van der Waals surface area contributed by atoms with Crippen LogP contribution in [0.1, 0.15) is 103 Å². The zero-order valence-corrected chi connectivity index (χ0v) is 18.2. The Balaban J connectivity index is 2.27. The van der Waals surface area contributed by atoms with Crippen molar-refractivity contribution in [2.45, 2.75) is 115 Å². The smallest absolute Gasteiger partial charge is 0.303 e. The van der Waals surface area contributed by atoms with Crippen LogP contribution in [0.15, 0.2) is 12.2 Å². The molecule has 0 aliphatic heterocycles. The molecule has 1 rings (SSSR count). The van der Waals surface area contributed by atoms with Crippen molar-refractivity contribution in [1.82, 2.24) is 0 Å². The molecule has 168 valence electrons. The molecule has 5 heteroatoms. The van der Waals surface area contributed by atoms with E-state index in [-0.39, 0.29) is 24.0 Å². The summed E-state index contributed by atoms with van der Waals surface area (Å²) in [5.41, 5.74) is 0. The number of carboxylic acids is 1. The number of aliphatic carboxylic acids is 1. The Kier molecular flexibility index (Phi) is 13.9. The molecule has 1 saturated carbocycles. The van der Waals surface area contributed by atoms with Crippen molar-refractivity contribution >= 4 is 11.8 Å². The predicted molar refractivity (Wildman–Crippen MR) is 116 cm³/mol. The molecular weight excluding hydrogens is 368 g/mol. The lowest BCUT2D eigenvalue weighted by atomic mass is 9.86. The number of aliphatic hydroxyl groups excluding tert-OH is 2. The first-order valence-electron chi connectivity index (χ1n) is 11.7. The fraction of sp³-hybridized carbons (Fsp3) is 0.833. The molecule has 0 spiro atoms. The molecule has 5 nitrogen and oxygen atoms in total. The normalized spacial score (nSPS) is 24.4. The van der Waals surface area contributed by atoms with E-state index in [0.29, 0.717) is 32.1 Å². The first-order valence-corrected chi connectivity index (χ1v) is 11.7. The van der Waals surface area contributed by atoms with Crippen LogP contribution < -0.4 is 0 Å². The maximum Gasteiger partial charge on any atom is 0.303 e. The minimum Gasteiger partial charge on any atom is -0.481 e. The monoisotopic (exact) mass is 410 g/mol. The van der Waals surface area contributed by atoms with Gasteiger partial charge in [-0.25, -0.2) is 0 Å². The predicted octanol–water partition coefficient (Wildman–Crippen LogP) is 5.04. The van der Waals surface area contributed by atoms with Gasteiger partial charge in [-0.15, -0.1) is 0 Å². The summed E-state index contributed by atoms with van der Waals surface area (Å²) in [4.78, 5) is 22.6. The molecule has 0 aromatic heterocycles. The second kappa shape index (κ2) is 15.6. The van der Waals surface area contributed by atoms with E-state index in [4.69, 9.17) is 5.11 Å². The second-order valence-electron chi connectivity index (χ2n) is 8.64.